The zero-order valence-electron chi connectivity index (χ0n) is 15.7. The molecule has 5 heteroatoms. The van der Waals surface area contributed by atoms with Crippen LogP contribution in [0, 0.1) is 0 Å². The highest BCUT2D eigenvalue weighted by Crippen LogP contribution is 2.33. The van der Waals surface area contributed by atoms with E-state index in [0.717, 1.165) is 36.4 Å². The van der Waals surface area contributed by atoms with Crippen molar-refractivity contribution in [2.45, 2.75) is 31.8 Å². The Labute approximate surface area is 160 Å². The molecule has 0 radical (unpaired) electrons. The number of quaternary nitrogens is 1. The van der Waals surface area contributed by atoms with Gasteiger partial charge in [-0.25, -0.2) is 0 Å². The van der Waals surface area contributed by atoms with E-state index >= 15 is 0 Å². The molecule has 1 unspecified atom stereocenters. The Morgan fingerprint density at radius 2 is 1.93 bits per heavy atom. The van der Waals surface area contributed by atoms with Crippen molar-refractivity contribution < 1.29 is 19.2 Å². The fraction of sp³-hybridized carbons (Fsp3) is 0.409. The van der Waals surface area contributed by atoms with Crippen LogP contribution in [0.1, 0.15) is 43.0 Å². The molecule has 1 fully saturated rings. The van der Waals surface area contributed by atoms with Gasteiger partial charge in [0.1, 0.15) is 19.3 Å². The van der Waals surface area contributed by atoms with Crippen LogP contribution in [0.4, 0.5) is 0 Å². The van der Waals surface area contributed by atoms with Crippen LogP contribution >= 0.6 is 0 Å². The number of likely N-dealkylation sites (tertiary alicyclic amines) is 1. The molecule has 27 heavy (non-hydrogen) atoms. The molecule has 2 aromatic rings. The summed E-state index contributed by atoms with van der Waals surface area (Å²) in [6.45, 7) is 4.75. The minimum atomic E-state index is 0.0217. The van der Waals surface area contributed by atoms with Crippen LogP contribution in [0.5, 0.6) is 11.5 Å². The van der Waals surface area contributed by atoms with Gasteiger partial charge in [-0.1, -0.05) is 30.3 Å². The van der Waals surface area contributed by atoms with Crippen molar-refractivity contribution in [3.63, 3.8) is 0 Å². The third kappa shape index (κ3) is 4.08. The number of hydrogen-bond donors (Lipinski definition) is 2. The fourth-order valence-corrected chi connectivity index (χ4v) is 4.13. The molecule has 0 spiro atoms. The number of amides is 1. The second-order valence-electron chi connectivity index (χ2n) is 7.38. The quantitative estimate of drug-likeness (QED) is 0.851. The lowest BCUT2D eigenvalue weighted by molar-refractivity contribution is -0.910. The molecule has 1 amide bonds. The second kappa shape index (κ2) is 8.01. The number of benzene rings is 2. The number of hydrogen-bond acceptors (Lipinski definition) is 3. The summed E-state index contributed by atoms with van der Waals surface area (Å²) >= 11 is 0. The third-order valence-corrected chi connectivity index (χ3v) is 5.52. The summed E-state index contributed by atoms with van der Waals surface area (Å²) in [5.41, 5.74) is 2.36. The predicted octanol–water partition coefficient (Wildman–Crippen LogP) is 2.05. The average Bonchev–Trinajstić information content (AvgIpc) is 3.16. The van der Waals surface area contributed by atoms with E-state index in [-0.39, 0.29) is 11.9 Å². The molecular weight excluding hydrogens is 340 g/mol. The molecule has 3 atom stereocenters. The summed E-state index contributed by atoms with van der Waals surface area (Å²) in [6, 6.07) is 16.7. The van der Waals surface area contributed by atoms with Crippen molar-refractivity contribution in [1.29, 1.82) is 0 Å². The van der Waals surface area contributed by atoms with Gasteiger partial charge in [0.2, 0.25) is 0 Å². The first-order valence-electron chi connectivity index (χ1n) is 9.79. The zero-order valence-corrected chi connectivity index (χ0v) is 15.7. The minimum Gasteiger partial charge on any atom is -0.486 e. The molecule has 2 aliphatic rings. The standard InChI is InChI=1S/C22H26N2O3/c1-16(17-6-3-2-4-7-17)23-22(25)15-24-11-5-8-19(24)18-9-10-20-21(14-18)27-13-12-26-20/h2-4,6-7,9-10,14,16,19H,5,8,11-13,15H2,1H3,(H,23,25)/p+1/t16-,19-/m1/s1. The molecule has 1 saturated heterocycles. The Morgan fingerprint density at radius 3 is 2.74 bits per heavy atom. The third-order valence-electron chi connectivity index (χ3n) is 5.52. The SMILES string of the molecule is C[C@@H](NC(=O)C[NH+]1CCC[C@@H]1c1ccc2c(c1)OCCO2)c1ccccc1. The molecule has 2 N–H and O–H groups in total. The van der Waals surface area contributed by atoms with Gasteiger partial charge in [0.15, 0.2) is 18.0 Å². The van der Waals surface area contributed by atoms with E-state index in [0.29, 0.717) is 25.8 Å². The molecule has 0 aliphatic carbocycles. The molecule has 142 valence electrons. The molecule has 0 saturated carbocycles. The van der Waals surface area contributed by atoms with Gasteiger partial charge in [0.05, 0.1) is 12.6 Å². The van der Waals surface area contributed by atoms with Gasteiger partial charge in [-0.2, -0.15) is 0 Å². The number of nitrogens with one attached hydrogen (secondary N) is 2. The average molecular weight is 367 g/mol. The highest BCUT2D eigenvalue weighted by molar-refractivity contribution is 5.77. The molecule has 4 rings (SSSR count). The monoisotopic (exact) mass is 367 g/mol. The molecular formula is C22H27N2O3+. The minimum absolute atomic E-state index is 0.0217. The number of fused-ring (bicyclic) bond motifs is 1. The van der Waals surface area contributed by atoms with E-state index in [2.05, 4.69) is 17.4 Å². The van der Waals surface area contributed by atoms with Crippen LogP contribution in [0.2, 0.25) is 0 Å². The van der Waals surface area contributed by atoms with Gasteiger partial charge in [-0.15, -0.1) is 0 Å². The molecule has 0 bridgehead atoms. The Morgan fingerprint density at radius 1 is 1.15 bits per heavy atom. The lowest BCUT2D eigenvalue weighted by Crippen LogP contribution is -3.11. The normalized spacial score (nSPS) is 22.3. The number of rotatable bonds is 5. The number of carbonyl (C=O) groups is 1. The van der Waals surface area contributed by atoms with Crippen molar-refractivity contribution in [2.24, 2.45) is 0 Å². The Hall–Kier alpha value is -2.53. The molecule has 2 heterocycles. The second-order valence-corrected chi connectivity index (χ2v) is 7.38. The van der Waals surface area contributed by atoms with Crippen molar-refractivity contribution in [3.05, 3.63) is 59.7 Å². The van der Waals surface area contributed by atoms with E-state index in [1.807, 2.05) is 43.3 Å². The van der Waals surface area contributed by atoms with Gasteiger partial charge >= 0.3 is 0 Å². The first-order valence-corrected chi connectivity index (χ1v) is 9.79. The summed E-state index contributed by atoms with van der Waals surface area (Å²) in [7, 11) is 0. The maximum atomic E-state index is 12.6. The van der Waals surface area contributed by atoms with Crippen LogP contribution < -0.4 is 19.7 Å². The fourth-order valence-electron chi connectivity index (χ4n) is 4.13. The van der Waals surface area contributed by atoms with Crippen molar-refractivity contribution >= 4 is 5.91 Å². The Kier molecular flexibility index (Phi) is 5.30. The lowest BCUT2D eigenvalue weighted by Gasteiger charge is -2.24. The van der Waals surface area contributed by atoms with E-state index in [9.17, 15) is 4.79 Å². The summed E-state index contributed by atoms with van der Waals surface area (Å²) < 4.78 is 11.4. The first kappa shape index (κ1) is 17.9. The smallest absolute Gasteiger partial charge is 0.275 e. The maximum Gasteiger partial charge on any atom is 0.275 e. The number of carbonyl (C=O) groups excluding carboxylic acids is 1. The topological polar surface area (TPSA) is 52.0 Å². The summed E-state index contributed by atoms with van der Waals surface area (Å²) in [5, 5.41) is 3.14. The zero-order chi connectivity index (χ0) is 18.6. The van der Waals surface area contributed by atoms with Crippen LogP contribution in [0.15, 0.2) is 48.5 Å². The van der Waals surface area contributed by atoms with Crippen molar-refractivity contribution in [2.75, 3.05) is 26.3 Å². The van der Waals surface area contributed by atoms with Crippen LogP contribution in [-0.4, -0.2) is 32.2 Å². The molecule has 5 nitrogen and oxygen atoms in total. The molecule has 2 aromatic carbocycles. The Bertz CT molecular complexity index is 793. The van der Waals surface area contributed by atoms with Gasteiger partial charge in [-0.05, 0) is 30.7 Å². The predicted molar refractivity (Wildman–Crippen MR) is 103 cm³/mol. The van der Waals surface area contributed by atoms with Crippen molar-refractivity contribution in [3.8, 4) is 11.5 Å². The van der Waals surface area contributed by atoms with Gasteiger partial charge in [-0.3, -0.25) is 4.79 Å². The largest absolute Gasteiger partial charge is 0.486 e. The van der Waals surface area contributed by atoms with Crippen LogP contribution in [-0.2, 0) is 4.79 Å². The van der Waals surface area contributed by atoms with E-state index in [4.69, 9.17) is 9.47 Å². The van der Waals surface area contributed by atoms with E-state index < -0.39 is 0 Å². The van der Waals surface area contributed by atoms with E-state index in [1.165, 1.54) is 10.5 Å². The van der Waals surface area contributed by atoms with E-state index in [1.54, 1.807) is 0 Å². The van der Waals surface area contributed by atoms with Crippen LogP contribution in [0.25, 0.3) is 0 Å². The summed E-state index contributed by atoms with van der Waals surface area (Å²) in [5.74, 6) is 1.75. The summed E-state index contributed by atoms with van der Waals surface area (Å²) in [6.07, 6.45) is 2.23. The van der Waals surface area contributed by atoms with Crippen molar-refractivity contribution in [1.82, 2.24) is 5.32 Å². The lowest BCUT2D eigenvalue weighted by atomic mass is 10.0. The highest BCUT2D eigenvalue weighted by Gasteiger charge is 2.32. The van der Waals surface area contributed by atoms with Gasteiger partial charge in [0.25, 0.3) is 5.91 Å². The molecule has 0 aromatic heterocycles. The Balaban J connectivity index is 1.40. The maximum absolute atomic E-state index is 12.6. The van der Waals surface area contributed by atoms with Gasteiger partial charge in [0, 0.05) is 18.4 Å². The summed E-state index contributed by atoms with van der Waals surface area (Å²) in [4.78, 5) is 13.9. The van der Waals surface area contributed by atoms with Crippen LogP contribution in [0.3, 0.4) is 0 Å². The van der Waals surface area contributed by atoms with Gasteiger partial charge < -0.3 is 19.7 Å². The first-order chi connectivity index (χ1) is 13.2. The highest BCUT2D eigenvalue weighted by atomic mass is 16.6. The molecule has 2 aliphatic heterocycles. The number of ether oxygens (including phenoxy) is 2.